The number of morpholine rings is 1. The van der Waals surface area contributed by atoms with Crippen molar-refractivity contribution in [3.63, 3.8) is 0 Å². The lowest BCUT2D eigenvalue weighted by molar-refractivity contribution is 0.122. The molecule has 182 valence electrons. The molecule has 0 N–H and O–H groups in total. The van der Waals surface area contributed by atoms with Crippen LogP contribution in [0.15, 0.2) is 58.1 Å². The predicted octanol–water partition coefficient (Wildman–Crippen LogP) is 4.58. The number of thioether (sulfide) groups is 1. The quantitative estimate of drug-likeness (QED) is 0.328. The smallest absolute Gasteiger partial charge is 0.247 e. The molecule has 0 radical (unpaired) electrons. The minimum absolute atomic E-state index is 0.121. The van der Waals surface area contributed by atoms with Crippen LogP contribution in [0.25, 0.3) is 17.1 Å². The van der Waals surface area contributed by atoms with Gasteiger partial charge < -0.3 is 18.8 Å². The maximum Gasteiger partial charge on any atom is 0.247 e. The summed E-state index contributed by atoms with van der Waals surface area (Å²) in [4.78, 5) is 2.22. The first-order valence-electron chi connectivity index (χ1n) is 11.7. The third-order valence-corrected chi connectivity index (χ3v) is 6.92. The van der Waals surface area contributed by atoms with Gasteiger partial charge in [0.25, 0.3) is 0 Å². The number of aryl methyl sites for hydroxylation is 1. The van der Waals surface area contributed by atoms with Gasteiger partial charge in [0, 0.05) is 18.7 Å². The van der Waals surface area contributed by atoms with E-state index in [1.807, 2.05) is 31.2 Å². The Bertz CT molecular complexity index is 1270. The Morgan fingerprint density at radius 2 is 1.83 bits per heavy atom. The summed E-state index contributed by atoms with van der Waals surface area (Å²) in [5.74, 6) is 2.60. The zero-order valence-corrected chi connectivity index (χ0v) is 20.9. The molecule has 0 bridgehead atoms. The van der Waals surface area contributed by atoms with Crippen LogP contribution in [-0.2, 0) is 11.2 Å². The fourth-order valence-electron chi connectivity index (χ4n) is 3.91. The van der Waals surface area contributed by atoms with Gasteiger partial charge in [-0.3, -0.25) is 4.57 Å². The Kier molecular flexibility index (Phi) is 7.01. The van der Waals surface area contributed by atoms with E-state index in [1.54, 1.807) is 18.9 Å². The number of ether oxygens (including phenoxy) is 2. The number of nitrogens with zero attached hydrogens (tertiary/aromatic N) is 6. The normalized spacial score (nSPS) is 14.8. The molecule has 1 atom stereocenters. The molecule has 9 nitrogen and oxygen atoms in total. The minimum atomic E-state index is -0.121. The lowest BCUT2D eigenvalue weighted by atomic mass is 10.1. The highest BCUT2D eigenvalue weighted by atomic mass is 32.2. The molecule has 4 aromatic rings. The number of rotatable bonds is 8. The number of aromatic nitrogens is 5. The third kappa shape index (κ3) is 5.03. The van der Waals surface area contributed by atoms with Gasteiger partial charge in [-0.2, -0.15) is 0 Å². The van der Waals surface area contributed by atoms with Gasteiger partial charge >= 0.3 is 0 Å². The van der Waals surface area contributed by atoms with Crippen LogP contribution in [0.5, 0.6) is 5.75 Å². The molecule has 0 spiro atoms. The van der Waals surface area contributed by atoms with E-state index in [2.05, 4.69) is 61.1 Å². The second-order valence-electron chi connectivity index (χ2n) is 8.17. The average molecular weight is 493 g/mol. The zero-order valence-electron chi connectivity index (χ0n) is 20.0. The molecule has 0 saturated carbocycles. The Balaban J connectivity index is 1.43. The van der Waals surface area contributed by atoms with Crippen LogP contribution >= 0.6 is 11.8 Å². The maximum atomic E-state index is 6.01. The SMILES string of the molecule is CCc1cccc(-n2c(S[C@@H](C)c3nnc(-c4ccc(OC)cc4)o3)nnc2N2CCOCC2)c1. The van der Waals surface area contributed by atoms with Gasteiger partial charge in [0.05, 0.1) is 31.3 Å². The van der Waals surface area contributed by atoms with Gasteiger partial charge in [-0.15, -0.1) is 20.4 Å². The Morgan fingerprint density at radius 1 is 1.03 bits per heavy atom. The van der Waals surface area contributed by atoms with E-state index in [4.69, 9.17) is 13.9 Å². The fraction of sp³-hybridized carbons (Fsp3) is 0.360. The molecule has 1 saturated heterocycles. The fourth-order valence-corrected chi connectivity index (χ4v) is 4.80. The van der Waals surface area contributed by atoms with Crippen molar-refractivity contribution in [3.05, 3.63) is 60.0 Å². The van der Waals surface area contributed by atoms with Gasteiger partial charge in [-0.05, 0) is 55.3 Å². The van der Waals surface area contributed by atoms with E-state index in [1.165, 1.54) is 5.56 Å². The average Bonchev–Trinajstić information content (AvgIpc) is 3.57. The zero-order chi connectivity index (χ0) is 24.2. The molecule has 5 rings (SSSR count). The first-order chi connectivity index (χ1) is 17.2. The van der Waals surface area contributed by atoms with Crippen molar-refractivity contribution in [2.24, 2.45) is 0 Å². The Hall–Kier alpha value is -3.37. The molecule has 2 aromatic heterocycles. The Labute approximate surface area is 208 Å². The second-order valence-corrected chi connectivity index (χ2v) is 9.48. The van der Waals surface area contributed by atoms with Crippen molar-refractivity contribution in [2.45, 2.75) is 30.7 Å². The molecular weight excluding hydrogens is 464 g/mol. The molecule has 1 fully saturated rings. The maximum absolute atomic E-state index is 6.01. The number of benzene rings is 2. The molecule has 0 aliphatic carbocycles. The van der Waals surface area contributed by atoms with E-state index in [0.29, 0.717) is 25.0 Å². The van der Waals surface area contributed by atoms with Crippen LogP contribution in [-0.4, -0.2) is 58.4 Å². The molecule has 35 heavy (non-hydrogen) atoms. The van der Waals surface area contributed by atoms with Crippen molar-refractivity contribution >= 4 is 17.7 Å². The predicted molar refractivity (Wildman–Crippen MR) is 134 cm³/mol. The summed E-state index contributed by atoms with van der Waals surface area (Å²) in [5.41, 5.74) is 3.14. The highest BCUT2D eigenvalue weighted by Crippen LogP contribution is 2.37. The molecule has 1 aliphatic heterocycles. The molecule has 1 aliphatic rings. The van der Waals surface area contributed by atoms with Crippen LogP contribution in [0.1, 0.15) is 30.6 Å². The van der Waals surface area contributed by atoms with Crippen LogP contribution in [0, 0.1) is 0 Å². The summed E-state index contributed by atoms with van der Waals surface area (Å²) in [5, 5.41) is 18.3. The first-order valence-corrected chi connectivity index (χ1v) is 12.6. The molecular formula is C25H28N6O3S. The van der Waals surface area contributed by atoms with E-state index in [9.17, 15) is 0 Å². The molecule has 10 heteroatoms. The van der Waals surface area contributed by atoms with E-state index in [0.717, 1.165) is 47.6 Å². The van der Waals surface area contributed by atoms with Gasteiger partial charge in [-0.1, -0.05) is 30.8 Å². The number of anilines is 1. The summed E-state index contributed by atoms with van der Waals surface area (Å²) < 4.78 is 18.9. The summed E-state index contributed by atoms with van der Waals surface area (Å²) in [7, 11) is 1.64. The van der Waals surface area contributed by atoms with Crippen molar-refractivity contribution in [2.75, 3.05) is 38.3 Å². The summed E-state index contributed by atoms with van der Waals surface area (Å²) in [6, 6.07) is 16.0. The number of methoxy groups -OCH3 is 1. The van der Waals surface area contributed by atoms with Crippen molar-refractivity contribution in [1.29, 1.82) is 0 Å². The third-order valence-electron chi connectivity index (χ3n) is 5.89. The summed E-state index contributed by atoms with van der Waals surface area (Å²) >= 11 is 1.55. The van der Waals surface area contributed by atoms with Crippen molar-refractivity contribution in [1.82, 2.24) is 25.0 Å². The topological polar surface area (TPSA) is 91.3 Å². The number of hydrogen-bond acceptors (Lipinski definition) is 9. The Morgan fingerprint density at radius 3 is 2.57 bits per heavy atom. The lowest BCUT2D eigenvalue weighted by Gasteiger charge is -2.28. The van der Waals surface area contributed by atoms with Crippen molar-refractivity contribution < 1.29 is 13.9 Å². The van der Waals surface area contributed by atoms with Crippen LogP contribution < -0.4 is 9.64 Å². The minimum Gasteiger partial charge on any atom is -0.497 e. The molecule has 0 unspecified atom stereocenters. The van der Waals surface area contributed by atoms with E-state index >= 15 is 0 Å². The van der Waals surface area contributed by atoms with Crippen LogP contribution in [0.2, 0.25) is 0 Å². The van der Waals surface area contributed by atoms with Crippen LogP contribution in [0.3, 0.4) is 0 Å². The summed E-state index contributed by atoms with van der Waals surface area (Å²) in [6.07, 6.45) is 0.956. The van der Waals surface area contributed by atoms with Gasteiger partial charge in [0.2, 0.25) is 17.7 Å². The lowest BCUT2D eigenvalue weighted by Crippen LogP contribution is -2.37. The second kappa shape index (κ2) is 10.5. The number of hydrogen-bond donors (Lipinski definition) is 0. The molecule has 0 amide bonds. The first kappa shape index (κ1) is 23.4. The van der Waals surface area contributed by atoms with Crippen LogP contribution in [0.4, 0.5) is 5.95 Å². The molecule has 3 heterocycles. The van der Waals surface area contributed by atoms with Gasteiger partial charge in [0.1, 0.15) is 5.75 Å². The monoisotopic (exact) mass is 492 g/mol. The van der Waals surface area contributed by atoms with Crippen molar-refractivity contribution in [3.8, 4) is 22.9 Å². The highest BCUT2D eigenvalue weighted by Gasteiger charge is 2.25. The highest BCUT2D eigenvalue weighted by molar-refractivity contribution is 7.99. The standard InChI is InChI=1S/C25H28N6O3S/c1-4-18-6-5-7-20(16-18)31-24(30-12-14-33-15-13-30)28-29-25(31)35-17(2)22-26-27-23(34-22)19-8-10-21(32-3)11-9-19/h5-11,16-17H,4,12-15H2,1-3H3/t17-/m0/s1. The largest absolute Gasteiger partial charge is 0.497 e. The van der Waals surface area contributed by atoms with Gasteiger partial charge in [-0.25, -0.2) is 0 Å². The van der Waals surface area contributed by atoms with E-state index < -0.39 is 0 Å². The molecule has 2 aromatic carbocycles. The van der Waals surface area contributed by atoms with E-state index in [-0.39, 0.29) is 5.25 Å². The van der Waals surface area contributed by atoms with Gasteiger partial charge in [0.15, 0.2) is 5.16 Å². The summed E-state index contributed by atoms with van der Waals surface area (Å²) in [6.45, 7) is 7.10.